The van der Waals surface area contributed by atoms with Crippen molar-refractivity contribution in [2.24, 2.45) is 0 Å². The molecular weight excluding hydrogens is 269 g/mol. The largest absolute Gasteiger partial charge is 0.388 e. The molecule has 2 nitrogen and oxygen atoms in total. The first-order chi connectivity index (χ1) is 8.66. The number of benzene rings is 1. The zero-order valence-electron chi connectivity index (χ0n) is 10.4. The quantitative estimate of drug-likeness (QED) is 0.908. The number of nitrogens with zero attached hydrogens (tertiary/aromatic N) is 1. The lowest BCUT2D eigenvalue weighted by atomic mass is 10.1. The van der Waals surface area contributed by atoms with Gasteiger partial charge in [-0.1, -0.05) is 35.7 Å². The maximum atomic E-state index is 10.1. The molecule has 1 saturated heterocycles. The van der Waals surface area contributed by atoms with E-state index in [-0.39, 0.29) is 0 Å². The van der Waals surface area contributed by atoms with Gasteiger partial charge in [-0.05, 0) is 50.0 Å². The highest BCUT2D eigenvalue weighted by Crippen LogP contribution is 2.27. The number of hydrogen-bond donors (Lipinski definition) is 1. The number of hydrogen-bond acceptors (Lipinski definition) is 2. The van der Waals surface area contributed by atoms with Gasteiger partial charge in [0, 0.05) is 6.54 Å². The SMILES string of the molecule is OC(CCN1CCCCC1)c1ccc(Cl)c(Cl)c1. The Morgan fingerprint density at radius 3 is 2.50 bits per heavy atom. The predicted molar refractivity (Wildman–Crippen MR) is 76.3 cm³/mol. The first-order valence-corrected chi connectivity index (χ1v) is 7.28. The van der Waals surface area contributed by atoms with Gasteiger partial charge in [-0.15, -0.1) is 0 Å². The molecule has 18 heavy (non-hydrogen) atoms. The normalized spacial score (nSPS) is 18.8. The summed E-state index contributed by atoms with van der Waals surface area (Å²) in [6, 6.07) is 5.34. The van der Waals surface area contributed by atoms with Gasteiger partial charge < -0.3 is 10.0 Å². The van der Waals surface area contributed by atoms with Gasteiger partial charge in [0.15, 0.2) is 0 Å². The smallest absolute Gasteiger partial charge is 0.0802 e. The van der Waals surface area contributed by atoms with E-state index in [1.165, 1.54) is 19.3 Å². The van der Waals surface area contributed by atoms with Crippen LogP contribution in [0, 0.1) is 0 Å². The van der Waals surface area contributed by atoms with Crippen LogP contribution in [-0.4, -0.2) is 29.6 Å². The molecule has 0 amide bonds. The molecule has 0 radical (unpaired) electrons. The molecule has 1 aromatic carbocycles. The van der Waals surface area contributed by atoms with Crippen LogP contribution in [0.5, 0.6) is 0 Å². The molecule has 100 valence electrons. The second kappa shape index (κ2) is 6.76. The fourth-order valence-corrected chi connectivity index (χ4v) is 2.68. The van der Waals surface area contributed by atoms with Crippen molar-refractivity contribution in [3.05, 3.63) is 33.8 Å². The summed E-state index contributed by atoms with van der Waals surface area (Å²) < 4.78 is 0. The van der Waals surface area contributed by atoms with Crippen LogP contribution < -0.4 is 0 Å². The van der Waals surface area contributed by atoms with E-state index in [4.69, 9.17) is 23.2 Å². The van der Waals surface area contributed by atoms with Crippen molar-refractivity contribution >= 4 is 23.2 Å². The van der Waals surface area contributed by atoms with Crippen molar-refractivity contribution in [3.8, 4) is 0 Å². The average molecular weight is 288 g/mol. The van der Waals surface area contributed by atoms with E-state index in [2.05, 4.69) is 4.90 Å². The highest BCUT2D eigenvalue weighted by molar-refractivity contribution is 6.42. The molecule has 1 unspecified atom stereocenters. The summed E-state index contributed by atoms with van der Waals surface area (Å²) in [7, 11) is 0. The Bertz CT molecular complexity index is 391. The number of aliphatic hydroxyl groups excluding tert-OH is 1. The van der Waals surface area contributed by atoms with E-state index in [1.54, 1.807) is 12.1 Å². The van der Waals surface area contributed by atoms with Crippen molar-refractivity contribution < 1.29 is 5.11 Å². The molecule has 0 aromatic heterocycles. The van der Waals surface area contributed by atoms with E-state index < -0.39 is 6.10 Å². The van der Waals surface area contributed by atoms with Gasteiger partial charge in [0.1, 0.15) is 0 Å². The van der Waals surface area contributed by atoms with Crippen LogP contribution in [0.1, 0.15) is 37.4 Å². The molecule has 0 spiro atoms. The summed E-state index contributed by atoms with van der Waals surface area (Å²) >= 11 is 11.8. The summed E-state index contributed by atoms with van der Waals surface area (Å²) in [5.74, 6) is 0. The first kappa shape index (κ1) is 14.1. The first-order valence-electron chi connectivity index (χ1n) is 6.52. The highest BCUT2D eigenvalue weighted by atomic mass is 35.5. The monoisotopic (exact) mass is 287 g/mol. The lowest BCUT2D eigenvalue weighted by Gasteiger charge is -2.27. The number of piperidine rings is 1. The van der Waals surface area contributed by atoms with Crippen LogP contribution in [0.4, 0.5) is 0 Å². The van der Waals surface area contributed by atoms with Crippen molar-refractivity contribution in [3.63, 3.8) is 0 Å². The van der Waals surface area contributed by atoms with Crippen molar-refractivity contribution in [2.45, 2.75) is 31.8 Å². The lowest BCUT2D eigenvalue weighted by molar-refractivity contribution is 0.134. The van der Waals surface area contributed by atoms with Crippen molar-refractivity contribution in [1.29, 1.82) is 0 Å². The van der Waals surface area contributed by atoms with Crippen LogP contribution in [0.3, 0.4) is 0 Å². The maximum absolute atomic E-state index is 10.1. The zero-order valence-corrected chi connectivity index (χ0v) is 11.9. The van der Waals surface area contributed by atoms with Gasteiger partial charge in [0.05, 0.1) is 16.1 Å². The van der Waals surface area contributed by atoms with Gasteiger partial charge in [-0.25, -0.2) is 0 Å². The molecule has 1 N–H and O–H groups in total. The van der Waals surface area contributed by atoms with Gasteiger partial charge in [-0.3, -0.25) is 0 Å². The topological polar surface area (TPSA) is 23.5 Å². The summed E-state index contributed by atoms with van der Waals surface area (Å²) in [5, 5.41) is 11.2. The Balaban J connectivity index is 1.86. The standard InChI is InChI=1S/C14H19Cl2NO/c15-12-5-4-11(10-13(12)16)14(18)6-9-17-7-2-1-3-8-17/h4-5,10,14,18H,1-3,6-9H2. The lowest BCUT2D eigenvalue weighted by Crippen LogP contribution is -2.31. The maximum Gasteiger partial charge on any atom is 0.0802 e. The molecule has 4 heteroatoms. The van der Waals surface area contributed by atoms with Crippen LogP contribution in [0.15, 0.2) is 18.2 Å². The molecular formula is C14H19Cl2NO. The molecule has 0 bridgehead atoms. The van der Waals surface area contributed by atoms with E-state index in [0.717, 1.165) is 31.6 Å². The van der Waals surface area contributed by atoms with Crippen molar-refractivity contribution in [1.82, 2.24) is 4.90 Å². The number of halogens is 2. The van der Waals surface area contributed by atoms with E-state index >= 15 is 0 Å². The second-order valence-electron chi connectivity index (χ2n) is 4.88. The van der Waals surface area contributed by atoms with Crippen LogP contribution in [-0.2, 0) is 0 Å². The van der Waals surface area contributed by atoms with E-state index in [0.29, 0.717) is 10.0 Å². The van der Waals surface area contributed by atoms with Crippen molar-refractivity contribution in [2.75, 3.05) is 19.6 Å². The second-order valence-corrected chi connectivity index (χ2v) is 5.69. The molecule has 0 aliphatic carbocycles. The minimum Gasteiger partial charge on any atom is -0.388 e. The summed E-state index contributed by atoms with van der Waals surface area (Å²) in [6.45, 7) is 3.27. The third-order valence-corrected chi connectivity index (χ3v) is 4.23. The highest BCUT2D eigenvalue weighted by Gasteiger charge is 2.14. The van der Waals surface area contributed by atoms with Crippen LogP contribution in [0.2, 0.25) is 10.0 Å². The fraction of sp³-hybridized carbons (Fsp3) is 0.571. The molecule has 1 heterocycles. The Morgan fingerprint density at radius 1 is 1.11 bits per heavy atom. The summed E-state index contributed by atoms with van der Waals surface area (Å²) in [4.78, 5) is 2.42. The third kappa shape index (κ3) is 3.86. The zero-order chi connectivity index (χ0) is 13.0. The summed E-state index contributed by atoms with van der Waals surface area (Å²) in [5.41, 5.74) is 0.849. The molecule has 2 rings (SSSR count). The number of aliphatic hydroxyl groups is 1. The fourth-order valence-electron chi connectivity index (χ4n) is 2.37. The average Bonchev–Trinajstić information content (AvgIpc) is 2.40. The Labute approximate surface area is 119 Å². The van der Waals surface area contributed by atoms with Gasteiger partial charge in [0.25, 0.3) is 0 Å². The van der Waals surface area contributed by atoms with E-state index in [1.807, 2.05) is 6.07 Å². The minimum absolute atomic E-state index is 0.457. The van der Waals surface area contributed by atoms with Gasteiger partial charge in [0.2, 0.25) is 0 Å². The molecule has 1 aliphatic heterocycles. The van der Waals surface area contributed by atoms with E-state index in [9.17, 15) is 5.11 Å². The molecule has 1 aromatic rings. The number of likely N-dealkylation sites (tertiary alicyclic amines) is 1. The minimum atomic E-state index is -0.457. The van der Waals surface area contributed by atoms with Crippen LogP contribution >= 0.6 is 23.2 Å². The van der Waals surface area contributed by atoms with Crippen LogP contribution in [0.25, 0.3) is 0 Å². The molecule has 0 saturated carbocycles. The predicted octanol–water partition coefficient (Wildman–Crippen LogP) is 3.90. The Kier molecular flexibility index (Phi) is 5.31. The Morgan fingerprint density at radius 2 is 1.83 bits per heavy atom. The summed E-state index contributed by atoms with van der Waals surface area (Å²) in [6.07, 6.45) is 4.19. The molecule has 1 aliphatic rings. The Hall–Kier alpha value is -0.280. The third-order valence-electron chi connectivity index (χ3n) is 3.50. The van der Waals surface area contributed by atoms with Gasteiger partial charge >= 0.3 is 0 Å². The molecule has 1 fully saturated rings. The van der Waals surface area contributed by atoms with Gasteiger partial charge in [-0.2, -0.15) is 0 Å². The molecule has 1 atom stereocenters. The number of rotatable bonds is 4.